The number of phosphoric acid groups is 1. The van der Waals surface area contributed by atoms with E-state index in [4.69, 9.17) is 24.3 Å². The Hall–Kier alpha value is -2.07. The van der Waals surface area contributed by atoms with Crippen LogP contribution in [-0.2, 0) is 32.7 Å². The molecule has 0 bridgehead atoms. The molecule has 0 radical (unpaired) electrons. The van der Waals surface area contributed by atoms with E-state index in [-0.39, 0.29) is 32.6 Å². The molecule has 0 aromatic rings. The summed E-state index contributed by atoms with van der Waals surface area (Å²) in [6.07, 6.45) is 48.9. The van der Waals surface area contributed by atoms with E-state index in [0.29, 0.717) is 19.3 Å². The molecule has 350 valence electrons. The highest BCUT2D eigenvalue weighted by Gasteiger charge is 2.26. The second-order valence-electron chi connectivity index (χ2n) is 16.2. The number of nitrogens with two attached hydrogens (primary N) is 1. The molecule has 0 amide bonds. The van der Waals surface area contributed by atoms with Gasteiger partial charge in [-0.3, -0.25) is 18.6 Å². The molecule has 0 saturated heterocycles. The Labute approximate surface area is 367 Å². The number of phosphoric ester groups is 1. The van der Waals surface area contributed by atoms with Gasteiger partial charge in [0.25, 0.3) is 0 Å². The van der Waals surface area contributed by atoms with E-state index >= 15 is 0 Å². The van der Waals surface area contributed by atoms with Crippen molar-refractivity contribution in [3.8, 4) is 0 Å². The lowest BCUT2D eigenvalue weighted by Crippen LogP contribution is -2.29. The van der Waals surface area contributed by atoms with Crippen molar-refractivity contribution < 1.29 is 42.7 Å². The van der Waals surface area contributed by atoms with Crippen LogP contribution in [0.1, 0.15) is 213 Å². The molecule has 60 heavy (non-hydrogen) atoms. The number of carbonyl (C=O) groups is 2. The van der Waals surface area contributed by atoms with Crippen molar-refractivity contribution in [2.45, 2.75) is 225 Å². The van der Waals surface area contributed by atoms with E-state index in [2.05, 4.69) is 19.9 Å². The summed E-state index contributed by atoms with van der Waals surface area (Å²) in [5.74, 6) is -0.929. The van der Waals surface area contributed by atoms with E-state index < -0.39 is 38.6 Å². The topological polar surface area (TPSA) is 155 Å². The first-order chi connectivity index (χ1) is 29.2. The van der Waals surface area contributed by atoms with Crippen molar-refractivity contribution >= 4 is 19.8 Å². The number of carbonyl (C=O) groups excluding carboxylic acids is 2. The molecule has 0 aliphatic rings. The molecule has 0 saturated carbocycles. The Kier molecular flexibility index (Phi) is 43.4. The maximum Gasteiger partial charge on any atom is 0.472 e. The average Bonchev–Trinajstić information content (AvgIpc) is 3.23. The Bertz CT molecular complexity index is 1140. The minimum Gasteiger partial charge on any atom is -0.462 e. The van der Waals surface area contributed by atoms with Crippen molar-refractivity contribution in [3.05, 3.63) is 48.6 Å². The fourth-order valence-electron chi connectivity index (χ4n) is 6.65. The summed E-state index contributed by atoms with van der Waals surface area (Å²) in [5.41, 5.74) is 5.35. The van der Waals surface area contributed by atoms with Crippen LogP contribution in [0.2, 0.25) is 0 Å². The molecule has 0 aliphatic heterocycles. The van der Waals surface area contributed by atoms with Crippen LogP contribution in [0, 0.1) is 0 Å². The summed E-state index contributed by atoms with van der Waals surface area (Å²) in [7, 11) is -4.41. The summed E-state index contributed by atoms with van der Waals surface area (Å²) in [5, 5.41) is 10.1. The number of allylic oxidation sites excluding steroid dienone is 6. The van der Waals surface area contributed by atoms with Crippen LogP contribution in [0.25, 0.3) is 0 Å². The summed E-state index contributed by atoms with van der Waals surface area (Å²) < 4.78 is 32.8. The van der Waals surface area contributed by atoms with Gasteiger partial charge in [-0.1, -0.05) is 204 Å². The Morgan fingerprint density at radius 1 is 0.583 bits per heavy atom. The van der Waals surface area contributed by atoms with Crippen LogP contribution >= 0.6 is 7.82 Å². The number of rotatable bonds is 45. The number of ether oxygens (including phenoxy) is 2. The Morgan fingerprint density at radius 3 is 1.65 bits per heavy atom. The highest BCUT2D eigenvalue weighted by molar-refractivity contribution is 7.47. The molecule has 0 spiro atoms. The molecule has 3 atom stereocenters. The summed E-state index contributed by atoms with van der Waals surface area (Å²) >= 11 is 0. The van der Waals surface area contributed by atoms with Crippen molar-refractivity contribution in [3.63, 3.8) is 0 Å². The third kappa shape index (κ3) is 44.0. The third-order valence-electron chi connectivity index (χ3n) is 10.3. The number of aliphatic hydroxyl groups excluding tert-OH is 1. The highest BCUT2D eigenvalue weighted by atomic mass is 31.2. The summed E-state index contributed by atoms with van der Waals surface area (Å²) in [4.78, 5) is 35.0. The van der Waals surface area contributed by atoms with Crippen LogP contribution < -0.4 is 5.73 Å². The normalized spacial score (nSPS) is 14.2. The van der Waals surface area contributed by atoms with Crippen molar-refractivity contribution in [1.82, 2.24) is 0 Å². The van der Waals surface area contributed by atoms with Crippen LogP contribution in [-0.4, -0.2) is 60.5 Å². The lowest BCUT2D eigenvalue weighted by Gasteiger charge is -2.19. The zero-order chi connectivity index (χ0) is 44.0. The lowest BCUT2D eigenvalue weighted by molar-refractivity contribution is -0.161. The van der Waals surface area contributed by atoms with E-state index in [9.17, 15) is 24.2 Å². The van der Waals surface area contributed by atoms with Gasteiger partial charge in [-0.15, -0.1) is 0 Å². The van der Waals surface area contributed by atoms with Crippen LogP contribution in [0.4, 0.5) is 0 Å². The minimum absolute atomic E-state index is 0.0340. The van der Waals surface area contributed by atoms with Crippen molar-refractivity contribution in [1.29, 1.82) is 0 Å². The highest BCUT2D eigenvalue weighted by Crippen LogP contribution is 2.43. The molecule has 0 aromatic carbocycles. The monoisotopic (exact) mass is 868 g/mol. The molecular weight excluding hydrogens is 778 g/mol. The minimum atomic E-state index is -4.41. The first-order valence-electron chi connectivity index (χ1n) is 24.2. The van der Waals surface area contributed by atoms with Gasteiger partial charge in [-0.2, -0.15) is 0 Å². The molecule has 0 heterocycles. The van der Waals surface area contributed by atoms with Crippen LogP contribution in [0.5, 0.6) is 0 Å². The number of aliphatic hydroxyl groups is 1. The van der Waals surface area contributed by atoms with Gasteiger partial charge < -0.3 is 25.2 Å². The van der Waals surface area contributed by atoms with Gasteiger partial charge in [0, 0.05) is 19.4 Å². The van der Waals surface area contributed by atoms with E-state index in [0.717, 1.165) is 32.1 Å². The molecule has 0 fully saturated rings. The average molecular weight is 868 g/mol. The summed E-state index contributed by atoms with van der Waals surface area (Å²) in [6, 6.07) is 0. The van der Waals surface area contributed by atoms with E-state index in [1.165, 1.54) is 135 Å². The third-order valence-corrected chi connectivity index (χ3v) is 11.3. The van der Waals surface area contributed by atoms with Gasteiger partial charge in [-0.25, -0.2) is 4.57 Å². The van der Waals surface area contributed by atoms with Gasteiger partial charge in [0.2, 0.25) is 0 Å². The molecule has 4 N–H and O–H groups in total. The number of unbranched alkanes of at least 4 members (excludes halogenated alkanes) is 24. The van der Waals surface area contributed by atoms with Gasteiger partial charge in [0.05, 0.1) is 19.3 Å². The van der Waals surface area contributed by atoms with Gasteiger partial charge in [0.15, 0.2) is 6.10 Å². The molecular formula is C49H90NO9P. The van der Waals surface area contributed by atoms with Gasteiger partial charge in [0.1, 0.15) is 6.61 Å². The molecule has 1 unspecified atom stereocenters. The Morgan fingerprint density at radius 2 is 1.08 bits per heavy atom. The quantitative estimate of drug-likeness (QED) is 0.0177. The predicted molar refractivity (Wildman–Crippen MR) is 249 cm³/mol. The summed E-state index contributed by atoms with van der Waals surface area (Å²) in [6.45, 7) is 3.57. The van der Waals surface area contributed by atoms with Gasteiger partial charge in [-0.05, 0) is 44.9 Å². The maximum absolute atomic E-state index is 12.6. The second-order valence-corrected chi connectivity index (χ2v) is 17.6. The number of hydrogen-bond donors (Lipinski definition) is 3. The standard InChI is InChI=1S/C49H90NO9P/c1-3-5-7-9-11-12-13-14-15-16-17-18-19-20-21-22-23-24-28-32-36-40-48(52)56-44-47(45-58-60(54,55)57-43-42-50)59-49(53)41-37-33-29-25-27-31-35-39-46(51)38-34-30-26-10-8-6-4-2/h25-26,29-31,34-35,38,46-47,51H,3-24,27-28,32-33,36-37,39-45,50H2,1-2H3,(H,54,55)/b29-25+,30-26-,35-31-,38-34-/t46-,47+/m0/s1. The smallest absolute Gasteiger partial charge is 0.462 e. The molecule has 10 nitrogen and oxygen atoms in total. The van der Waals surface area contributed by atoms with Crippen molar-refractivity contribution in [2.75, 3.05) is 26.4 Å². The lowest BCUT2D eigenvalue weighted by atomic mass is 10.0. The molecule has 11 heteroatoms. The zero-order valence-electron chi connectivity index (χ0n) is 38.3. The SMILES string of the molecule is CCCCC/C=C\C=C/[C@H](O)C/C=C\C/C=C/CCCC(=O)O[C@H](COC(=O)CCCCCCCCCCCCCCCCCCCCCCC)COP(=O)(O)OCCN. The van der Waals surface area contributed by atoms with Crippen molar-refractivity contribution in [2.24, 2.45) is 5.73 Å². The Balaban J connectivity index is 4.18. The predicted octanol–water partition coefficient (Wildman–Crippen LogP) is 13.3. The van der Waals surface area contributed by atoms with Gasteiger partial charge >= 0.3 is 19.8 Å². The van der Waals surface area contributed by atoms with Crippen LogP contribution in [0.15, 0.2) is 48.6 Å². The van der Waals surface area contributed by atoms with E-state index in [1.54, 1.807) is 6.08 Å². The largest absolute Gasteiger partial charge is 0.472 e. The molecule has 0 aromatic heterocycles. The molecule has 0 aliphatic carbocycles. The van der Waals surface area contributed by atoms with E-state index in [1.807, 2.05) is 36.5 Å². The number of esters is 2. The zero-order valence-corrected chi connectivity index (χ0v) is 39.2. The number of hydrogen-bond acceptors (Lipinski definition) is 9. The second kappa shape index (κ2) is 45.0. The fraction of sp³-hybridized carbons (Fsp3) is 0.796. The maximum atomic E-state index is 12.6. The first-order valence-corrected chi connectivity index (χ1v) is 25.7. The van der Waals surface area contributed by atoms with Crippen LogP contribution in [0.3, 0.4) is 0 Å². The molecule has 0 rings (SSSR count). The first kappa shape index (κ1) is 57.9. The fourth-order valence-corrected chi connectivity index (χ4v) is 7.42.